The zero-order chi connectivity index (χ0) is 13.8. The molecule has 19 heavy (non-hydrogen) atoms. The minimum atomic E-state index is -3.37. The maximum atomic E-state index is 12.3. The Hall–Kier alpha value is -0.170. The Labute approximate surface area is 116 Å². The number of nitrogens with one attached hydrogen (secondary N) is 1. The second-order valence-corrected chi connectivity index (χ2v) is 7.76. The molecule has 1 aliphatic carbocycles. The molecule has 1 saturated carbocycles. The summed E-state index contributed by atoms with van der Waals surface area (Å²) < 4.78 is 28.9. The van der Waals surface area contributed by atoms with Gasteiger partial charge in [-0.05, 0) is 25.7 Å². The van der Waals surface area contributed by atoms with Gasteiger partial charge in [0.05, 0.1) is 0 Å². The fraction of sp³-hybridized carbons (Fsp3) is 1.00. The lowest BCUT2D eigenvalue weighted by molar-refractivity contribution is 0.134. The third-order valence-electron chi connectivity index (χ3n) is 4.53. The van der Waals surface area contributed by atoms with Crippen molar-refractivity contribution in [1.82, 2.24) is 9.03 Å². The van der Waals surface area contributed by atoms with E-state index in [4.69, 9.17) is 0 Å². The Morgan fingerprint density at radius 3 is 2.11 bits per heavy atom. The lowest BCUT2D eigenvalue weighted by atomic mass is 9.88. The fourth-order valence-corrected chi connectivity index (χ4v) is 4.54. The maximum absolute atomic E-state index is 12.3. The molecule has 2 N–H and O–H groups in total. The van der Waals surface area contributed by atoms with Gasteiger partial charge >= 0.3 is 0 Å². The van der Waals surface area contributed by atoms with Gasteiger partial charge < -0.3 is 5.11 Å². The highest BCUT2D eigenvalue weighted by atomic mass is 32.2. The van der Waals surface area contributed by atoms with Gasteiger partial charge in [0.25, 0.3) is 10.2 Å². The van der Waals surface area contributed by atoms with Gasteiger partial charge in [0.1, 0.15) is 0 Å². The molecule has 0 spiro atoms. The van der Waals surface area contributed by atoms with E-state index in [1.54, 1.807) is 4.31 Å². The minimum absolute atomic E-state index is 0.0789. The summed E-state index contributed by atoms with van der Waals surface area (Å²) in [6, 6.07) is 0. The highest BCUT2D eigenvalue weighted by Gasteiger charge is 2.35. The van der Waals surface area contributed by atoms with Crippen molar-refractivity contribution in [3.63, 3.8) is 0 Å². The first kappa shape index (κ1) is 15.2. The molecule has 0 radical (unpaired) electrons. The van der Waals surface area contributed by atoms with E-state index >= 15 is 0 Å². The molecule has 0 aromatic heterocycles. The number of aliphatic hydroxyl groups is 1. The Balaban J connectivity index is 1.92. The van der Waals surface area contributed by atoms with E-state index in [0.717, 1.165) is 51.4 Å². The average molecular weight is 290 g/mol. The molecule has 2 aliphatic rings. The third-order valence-corrected chi connectivity index (χ3v) is 6.09. The van der Waals surface area contributed by atoms with Crippen LogP contribution in [0.2, 0.25) is 0 Å². The second kappa shape index (κ2) is 6.52. The normalized spacial score (nSPS) is 25.3. The molecule has 6 heteroatoms. The van der Waals surface area contributed by atoms with Crippen LogP contribution in [0.3, 0.4) is 0 Å². The molecule has 0 amide bonds. The van der Waals surface area contributed by atoms with Crippen LogP contribution in [0.1, 0.15) is 51.4 Å². The predicted molar refractivity (Wildman–Crippen MR) is 75.0 cm³/mol. The van der Waals surface area contributed by atoms with Crippen LogP contribution < -0.4 is 4.72 Å². The molecule has 0 atom stereocenters. The summed E-state index contributed by atoms with van der Waals surface area (Å²) >= 11 is 0. The molecule has 112 valence electrons. The van der Waals surface area contributed by atoms with Gasteiger partial charge in [0, 0.05) is 31.7 Å². The molecule has 1 saturated heterocycles. The number of hydrogen-bond donors (Lipinski definition) is 2. The second-order valence-electron chi connectivity index (χ2n) is 6.00. The van der Waals surface area contributed by atoms with E-state index in [-0.39, 0.29) is 12.0 Å². The number of nitrogens with zero attached hydrogens (tertiary/aromatic N) is 1. The van der Waals surface area contributed by atoms with E-state index in [1.807, 2.05) is 0 Å². The maximum Gasteiger partial charge on any atom is 0.279 e. The van der Waals surface area contributed by atoms with Crippen molar-refractivity contribution in [3.8, 4) is 0 Å². The largest absolute Gasteiger partial charge is 0.396 e. The van der Waals surface area contributed by atoms with Crippen molar-refractivity contribution >= 4 is 10.2 Å². The van der Waals surface area contributed by atoms with Gasteiger partial charge in [-0.2, -0.15) is 12.7 Å². The van der Waals surface area contributed by atoms with Crippen LogP contribution in [0.25, 0.3) is 0 Å². The number of hydrogen-bond acceptors (Lipinski definition) is 3. The summed E-state index contributed by atoms with van der Waals surface area (Å²) in [7, 11) is -3.37. The fourth-order valence-electron chi connectivity index (χ4n) is 3.13. The first-order valence-corrected chi connectivity index (χ1v) is 8.88. The SMILES string of the molecule is O=S(=O)(NCC1(CO)CCCC1)N1CCCCCC1. The number of aliphatic hydroxyl groups excluding tert-OH is 1. The molecular weight excluding hydrogens is 264 g/mol. The van der Waals surface area contributed by atoms with Crippen LogP contribution in [-0.2, 0) is 10.2 Å². The van der Waals surface area contributed by atoms with E-state index in [2.05, 4.69) is 4.72 Å². The van der Waals surface area contributed by atoms with Crippen molar-refractivity contribution in [3.05, 3.63) is 0 Å². The lowest BCUT2D eigenvalue weighted by Gasteiger charge is -2.28. The van der Waals surface area contributed by atoms with E-state index in [1.165, 1.54) is 0 Å². The van der Waals surface area contributed by atoms with E-state index < -0.39 is 10.2 Å². The molecule has 5 nitrogen and oxygen atoms in total. The van der Waals surface area contributed by atoms with Crippen LogP contribution in [0.15, 0.2) is 0 Å². The molecule has 0 unspecified atom stereocenters. The first-order valence-electron chi connectivity index (χ1n) is 7.44. The average Bonchev–Trinajstić information content (AvgIpc) is 2.70. The summed E-state index contributed by atoms with van der Waals surface area (Å²) in [6.07, 6.45) is 8.16. The lowest BCUT2D eigenvalue weighted by Crippen LogP contribution is -2.46. The molecule has 2 fully saturated rings. The summed E-state index contributed by atoms with van der Waals surface area (Å²) in [6.45, 7) is 1.71. The molecule has 1 heterocycles. The molecule has 0 bridgehead atoms. The van der Waals surface area contributed by atoms with Crippen LogP contribution >= 0.6 is 0 Å². The zero-order valence-electron chi connectivity index (χ0n) is 11.6. The van der Waals surface area contributed by atoms with Gasteiger partial charge in [-0.3, -0.25) is 0 Å². The number of rotatable bonds is 5. The standard InChI is InChI=1S/C13H26N2O3S/c16-12-13(7-3-4-8-13)11-14-19(17,18)15-9-5-1-2-6-10-15/h14,16H,1-12H2. The molecular formula is C13H26N2O3S. The summed E-state index contributed by atoms with van der Waals surface area (Å²) in [5.41, 5.74) is -0.223. The summed E-state index contributed by atoms with van der Waals surface area (Å²) in [5.74, 6) is 0. The van der Waals surface area contributed by atoms with Crippen LogP contribution in [0, 0.1) is 5.41 Å². The van der Waals surface area contributed by atoms with Crippen LogP contribution in [0.4, 0.5) is 0 Å². The Morgan fingerprint density at radius 2 is 1.58 bits per heavy atom. The van der Waals surface area contributed by atoms with Crippen molar-refractivity contribution in [1.29, 1.82) is 0 Å². The van der Waals surface area contributed by atoms with Crippen molar-refractivity contribution in [2.45, 2.75) is 51.4 Å². The van der Waals surface area contributed by atoms with E-state index in [0.29, 0.717) is 19.6 Å². The molecule has 1 aliphatic heterocycles. The van der Waals surface area contributed by atoms with Gasteiger partial charge in [-0.1, -0.05) is 25.7 Å². The van der Waals surface area contributed by atoms with Crippen molar-refractivity contribution in [2.75, 3.05) is 26.2 Å². The van der Waals surface area contributed by atoms with Crippen molar-refractivity contribution < 1.29 is 13.5 Å². The zero-order valence-corrected chi connectivity index (χ0v) is 12.4. The Kier molecular flexibility index (Phi) is 5.22. The first-order chi connectivity index (χ1) is 9.08. The quantitative estimate of drug-likeness (QED) is 0.800. The van der Waals surface area contributed by atoms with Gasteiger partial charge in [0.2, 0.25) is 0 Å². The monoisotopic (exact) mass is 290 g/mol. The van der Waals surface area contributed by atoms with Crippen molar-refractivity contribution in [2.24, 2.45) is 5.41 Å². The summed E-state index contributed by atoms with van der Waals surface area (Å²) in [5, 5.41) is 9.52. The predicted octanol–water partition coefficient (Wildman–Crippen LogP) is 1.25. The molecule has 2 rings (SSSR count). The summed E-state index contributed by atoms with van der Waals surface area (Å²) in [4.78, 5) is 0. The Bertz CT molecular complexity index is 369. The van der Waals surface area contributed by atoms with Crippen LogP contribution in [0.5, 0.6) is 0 Å². The highest BCUT2D eigenvalue weighted by Crippen LogP contribution is 2.37. The van der Waals surface area contributed by atoms with Crippen LogP contribution in [-0.4, -0.2) is 44.1 Å². The van der Waals surface area contributed by atoms with Gasteiger partial charge in [0.15, 0.2) is 0 Å². The third kappa shape index (κ3) is 3.90. The van der Waals surface area contributed by atoms with Gasteiger partial charge in [-0.15, -0.1) is 0 Å². The van der Waals surface area contributed by atoms with Gasteiger partial charge in [-0.25, -0.2) is 4.72 Å². The highest BCUT2D eigenvalue weighted by molar-refractivity contribution is 7.87. The smallest absolute Gasteiger partial charge is 0.279 e. The Morgan fingerprint density at radius 1 is 1.00 bits per heavy atom. The molecule has 0 aromatic rings. The minimum Gasteiger partial charge on any atom is -0.396 e. The van der Waals surface area contributed by atoms with E-state index in [9.17, 15) is 13.5 Å². The topological polar surface area (TPSA) is 69.6 Å². The molecule has 0 aromatic carbocycles.